The molecule has 2 rings (SSSR count). The molecule has 0 bridgehead atoms. The van der Waals surface area contributed by atoms with Crippen molar-refractivity contribution in [1.29, 1.82) is 0 Å². The number of esters is 1. The van der Waals surface area contributed by atoms with Gasteiger partial charge in [-0.15, -0.1) is 0 Å². The smallest absolute Gasteiger partial charge is 0.338 e. The van der Waals surface area contributed by atoms with Gasteiger partial charge in [0.15, 0.2) is 6.10 Å². The molecule has 1 saturated carbocycles. The van der Waals surface area contributed by atoms with Crippen molar-refractivity contribution in [2.45, 2.75) is 82.3 Å². The summed E-state index contributed by atoms with van der Waals surface area (Å²) < 4.78 is 10.5. The Labute approximate surface area is 110 Å². The van der Waals surface area contributed by atoms with Crippen molar-refractivity contribution in [2.24, 2.45) is 0 Å². The Hall–Kier alpha value is -0.570. The zero-order valence-corrected chi connectivity index (χ0v) is 11.6. The summed E-state index contributed by atoms with van der Waals surface area (Å²) in [5.41, 5.74) is -0.160. The Morgan fingerprint density at radius 3 is 1.83 bits per heavy atom. The van der Waals surface area contributed by atoms with Crippen molar-refractivity contribution in [3.05, 3.63) is 0 Å². The number of ether oxygens (including phenoxy) is 2. The fourth-order valence-corrected chi connectivity index (χ4v) is 3.16. The number of carbonyl (C=O) groups is 1. The highest BCUT2D eigenvalue weighted by Crippen LogP contribution is 2.46. The second kappa shape index (κ2) is 6.55. The number of epoxide rings is 1. The lowest BCUT2D eigenvalue weighted by Crippen LogP contribution is -2.22. The van der Waals surface area contributed by atoms with Gasteiger partial charge >= 0.3 is 5.97 Å². The molecule has 0 radical (unpaired) electrons. The maximum absolute atomic E-state index is 11.6. The molecule has 3 nitrogen and oxygen atoms in total. The van der Waals surface area contributed by atoms with Gasteiger partial charge < -0.3 is 9.47 Å². The van der Waals surface area contributed by atoms with Gasteiger partial charge in [-0.3, -0.25) is 0 Å². The number of rotatable bonds is 1. The molecule has 1 aliphatic heterocycles. The van der Waals surface area contributed by atoms with Crippen LogP contribution < -0.4 is 0 Å². The minimum absolute atomic E-state index is 0.160. The van der Waals surface area contributed by atoms with E-state index in [1.807, 2.05) is 0 Å². The Bertz CT molecular complexity index is 263. The Balaban J connectivity index is 1.85. The third-order valence-electron chi connectivity index (χ3n) is 4.39. The first kappa shape index (κ1) is 13.9. The van der Waals surface area contributed by atoms with Crippen LogP contribution in [0.4, 0.5) is 0 Å². The van der Waals surface area contributed by atoms with Crippen LogP contribution in [0.1, 0.15) is 70.6 Å². The van der Waals surface area contributed by atoms with E-state index in [1.54, 1.807) is 0 Å². The topological polar surface area (TPSA) is 38.8 Å². The molecule has 0 aromatic heterocycles. The lowest BCUT2D eigenvalue weighted by molar-refractivity contribution is -0.142. The highest BCUT2D eigenvalue weighted by molar-refractivity contribution is 5.79. The van der Waals surface area contributed by atoms with Crippen LogP contribution in [0.3, 0.4) is 0 Å². The second-order valence-corrected chi connectivity index (χ2v) is 5.77. The van der Waals surface area contributed by atoms with E-state index in [9.17, 15) is 4.79 Å². The van der Waals surface area contributed by atoms with Gasteiger partial charge in [0, 0.05) is 0 Å². The van der Waals surface area contributed by atoms with E-state index in [2.05, 4.69) is 0 Å². The molecule has 104 valence electrons. The minimum Gasteiger partial charge on any atom is -0.467 e. The van der Waals surface area contributed by atoms with E-state index in [0.717, 1.165) is 12.8 Å². The molecule has 0 aromatic rings. The predicted octanol–water partition coefficient (Wildman–Crippen LogP) is 3.60. The van der Waals surface area contributed by atoms with Crippen molar-refractivity contribution in [1.82, 2.24) is 0 Å². The molecule has 2 aliphatic rings. The molecular formula is C15H26O3. The summed E-state index contributed by atoms with van der Waals surface area (Å²) in [6, 6.07) is 0. The maximum atomic E-state index is 11.6. The maximum Gasteiger partial charge on any atom is 0.338 e. The van der Waals surface area contributed by atoms with Crippen LogP contribution >= 0.6 is 0 Å². The van der Waals surface area contributed by atoms with Crippen molar-refractivity contribution in [3.63, 3.8) is 0 Å². The first-order chi connectivity index (χ1) is 8.78. The molecule has 2 fully saturated rings. The first-order valence-corrected chi connectivity index (χ1v) is 7.54. The van der Waals surface area contributed by atoms with Crippen LogP contribution in [0.15, 0.2) is 0 Å². The summed E-state index contributed by atoms with van der Waals surface area (Å²) in [6.07, 6.45) is 13.5. The molecular weight excluding hydrogens is 228 g/mol. The van der Waals surface area contributed by atoms with E-state index < -0.39 is 0 Å². The van der Waals surface area contributed by atoms with Crippen LogP contribution in [0.2, 0.25) is 0 Å². The molecule has 18 heavy (non-hydrogen) atoms. The van der Waals surface area contributed by atoms with E-state index in [1.165, 1.54) is 64.9 Å². The third-order valence-corrected chi connectivity index (χ3v) is 4.39. The van der Waals surface area contributed by atoms with Gasteiger partial charge in [0.05, 0.1) is 7.11 Å². The Morgan fingerprint density at radius 1 is 0.944 bits per heavy atom. The van der Waals surface area contributed by atoms with E-state index >= 15 is 0 Å². The summed E-state index contributed by atoms with van der Waals surface area (Å²) in [5.74, 6) is -0.179. The molecule has 1 aliphatic carbocycles. The van der Waals surface area contributed by atoms with Crippen LogP contribution in [0.5, 0.6) is 0 Å². The Morgan fingerprint density at radius 2 is 1.39 bits per heavy atom. The molecule has 0 aromatic carbocycles. The minimum atomic E-state index is -0.273. The van der Waals surface area contributed by atoms with Crippen molar-refractivity contribution in [3.8, 4) is 0 Å². The van der Waals surface area contributed by atoms with Crippen LogP contribution in [-0.4, -0.2) is 24.8 Å². The number of hydrogen-bond donors (Lipinski definition) is 0. The zero-order chi connectivity index (χ0) is 12.8. The quantitative estimate of drug-likeness (QED) is 0.530. The number of carbonyl (C=O) groups excluding carboxylic acids is 1. The predicted molar refractivity (Wildman–Crippen MR) is 70.4 cm³/mol. The van der Waals surface area contributed by atoms with Crippen LogP contribution in [0, 0.1) is 0 Å². The summed E-state index contributed by atoms with van der Waals surface area (Å²) in [7, 11) is 1.45. The average Bonchev–Trinajstić information content (AvgIpc) is 3.08. The molecule has 0 amide bonds. The molecule has 1 saturated heterocycles. The molecule has 3 heteroatoms. The van der Waals surface area contributed by atoms with Gasteiger partial charge in [0.25, 0.3) is 0 Å². The molecule has 1 atom stereocenters. The molecule has 1 spiro atoms. The monoisotopic (exact) mass is 254 g/mol. The number of hydrogen-bond acceptors (Lipinski definition) is 3. The van der Waals surface area contributed by atoms with E-state index in [-0.39, 0.29) is 17.7 Å². The summed E-state index contributed by atoms with van der Waals surface area (Å²) in [6.45, 7) is 0. The normalized spacial score (nSPS) is 29.1. The molecule has 1 heterocycles. The van der Waals surface area contributed by atoms with Gasteiger partial charge in [0.1, 0.15) is 5.60 Å². The van der Waals surface area contributed by atoms with Crippen molar-refractivity contribution in [2.75, 3.05) is 7.11 Å². The van der Waals surface area contributed by atoms with E-state index in [4.69, 9.17) is 9.47 Å². The van der Waals surface area contributed by atoms with Gasteiger partial charge in [-0.05, 0) is 12.8 Å². The van der Waals surface area contributed by atoms with Gasteiger partial charge in [-0.25, -0.2) is 4.79 Å². The fourth-order valence-electron chi connectivity index (χ4n) is 3.16. The SMILES string of the molecule is COC(=O)C1OC12CCCCCCCCCCC2. The highest BCUT2D eigenvalue weighted by atomic mass is 16.7. The summed E-state index contributed by atoms with van der Waals surface area (Å²) in [4.78, 5) is 11.6. The standard InChI is InChI=1S/C15H26O3/c1-17-14(16)13-15(18-13)11-9-7-5-3-2-4-6-8-10-12-15/h13H,2-12H2,1H3. The average molecular weight is 254 g/mol. The van der Waals surface area contributed by atoms with Crippen LogP contribution in [0.25, 0.3) is 0 Å². The van der Waals surface area contributed by atoms with Crippen molar-refractivity contribution >= 4 is 5.97 Å². The largest absolute Gasteiger partial charge is 0.467 e. The van der Waals surface area contributed by atoms with Gasteiger partial charge in [0.2, 0.25) is 0 Å². The van der Waals surface area contributed by atoms with Crippen molar-refractivity contribution < 1.29 is 14.3 Å². The highest BCUT2D eigenvalue weighted by Gasteiger charge is 2.60. The fraction of sp³-hybridized carbons (Fsp3) is 0.933. The zero-order valence-electron chi connectivity index (χ0n) is 11.6. The summed E-state index contributed by atoms with van der Waals surface area (Å²) in [5, 5.41) is 0. The Kier molecular flexibility index (Phi) is 5.04. The molecule has 1 unspecified atom stereocenters. The number of methoxy groups -OCH3 is 1. The second-order valence-electron chi connectivity index (χ2n) is 5.77. The van der Waals surface area contributed by atoms with Gasteiger partial charge in [-0.1, -0.05) is 57.8 Å². The van der Waals surface area contributed by atoms with E-state index in [0.29, 0.717) is 0 Å². The lowest BCUT2D eigenvalue weighted by atomic mass is 9.90. The third kappa shape index (κ3) is 3.47. The molecule has 0 N–H and O–H groups in total. The lowest BCUT2D eigenvalue weighted by Gasteiger charge is -2.14. The first-order valence-electron chi connectivity index (χ1n) is 7.54. The van der Waals surface area contributed by atoms with Crippen LogP contribution in [-0.2, 0) is 14.3 Å². The van der Waals surface area contributed by atoms with Gasteiger partial charge in [-0.2, -0.15) is 0 Å². The summed E-state index contributed by atoms with van der Waals surface area (Å²) >= 11 is 0.